The Labute approximate surface area is 181 Å². The lowest BCUT2D eigenvalue weighted by molar-refractivity contribution is -0.137. The van der Waals surface area contributed by atoms with E-state index in [1.165, 1.54) is 6.07 Å². The van der Waals surface area contributed by atoms with Crippen LogP contribution in [0.15, 0.2) is 18.2 Å². The number of alkyl halides is 3. The van der Waals surface area contributed by atoms with E-state index in [0.717, 1.165) is 18.6 Å². The molecule has 1 amide bonds. The van der Waals surface area contributed by atoms with Gasteiger partial charge in [-0.05, 0) is 71.1 Å². The van der Waals surface area contributed by atoms with E-state index in [-0.39, 0.29) is 23.8 Å². The van der Waals surface area contributed by atoms with Crippen molar-refractivity contribution in [2.24, 2.45) is 5.92 Å². The maximum Gasteiger partial charge on any atom is 0.418 e. The maximum absolute atomic E-state index is 13.5. The summed E-state index contributed by atoms with van der Waals surface area (Å²) < 4.78 is 50.7. The van der Waals surface area contributed by atoms with Gasteiger partial charge in [-0.3, -0.25) is 0 Å². The molecule has 0 bridgehead atoms. The Morgan fingerprint density at radius 3 is 2.35 bits per heavy atom. The van der Waals surface area contributed by atoms with Gasteiger partial charge in [-0.25, -0.2) is 9.59 Å². The highest BCUT2D eigenvalue weighted by Gasteiger charge is 2.36. The molecule has 1 saturated heterocycles. The minimum absolute atomic E-state index is 0.00313. The summed E-state index contributed by atoms with van der Waals surface area (Å²) in [5.41, 5.74) is -1.22. The number of benzene rings is 1. The average molecular weight is 444 g/mol. The number of halogens is 3. The van der Waals surface area contributed by atoms with Gasteiger partial charge in [-0.2, -0.15) is 13.2 Å². The predicted octanol–water partition coefficient (Wildman–Crippen LogP) is 5.01. The third-order valence-electron chi connectivity index (χ3n) is 4.99. The molecule has 0 aliphatic carbocycles. The van der Waals surface area contributed by atoms with Gasteiger partial charge < -0.3 is 19.7 Å². The lowest BCUT2D eigenvalue weighted by atomic mass is 9.92. The molecule has 1 aliphatic heterocycles. The third kappa shape index (κ3) is 7.63. The standard InChI is InChI=1S/C22H31F3N2O4/c1-5-30-19(28)16-6-7-17(22(23,24)25)18(14-16)27-12-9-15(10-13-27)8-11-26-20(29)31-21(2,3)4/h6-7,14-15H,5,8-13H2,1-4H3,(H,26,29). The van der Waals surface area contributed by atoms with E-state index in [9.17, 15) is 22.8 Å². The number of ether oxygens (including phenoxy) is 2. The number of hydrogen-bond acceptors (Lipinski definition) is 5. The zero-order valence-electron chi connectivity index (χ0n) is 18.5. The third-order valence-corrected chi connectivity index (χ3v) is 4.99. The summed E-state index contributed by atoms with van der Waals surface area (Å²) in [4.78, 5) is 25.4. The van der Waals surface area contributed by atoms with Crippen LogP contribution in [0.25, 0.3) is 0 Å². The number of esters is 1. The number of anilines is 1. The van der Waals surface area contributed by atoms with Gasteiger partial charge in [0.25, 0.3) is 0 Å². The van der Waals surface area contributed by atoms with Crippen molar-refractivity contribution in [3.8, 4) is 0 Å². The Bertz CT molecular complexity index is 767. The van der Waals surface area contributed by atoms with E-state index >= 15 is 0 Å². The Morgan fingerprint density at radius 1 is 1.16 bits per heavy atom. The van der Waals surface area contributed by atoms with Crippen LogP contribution in [0.1, 0.15) is 62.9 Å². The minimum atomic E-state index is -4.52. The fraction of sp³-hybridized carbons (Fsp3) is 0.636. The van der Waals surface area contributed by atoms with Crippen LogP contribution in [0.5, 0.6) is 0 Å². The van der Waals surface area contributed by atoms with E-state index in [2.05, 4.69) is 5.32 Å². The van der Waals surface area contributed by atoms with Crippen molar-refractivity contribution in [2.45, 2.75) is 58.7 Å². The van der Waals surface area contributed by atoms with Crippen LogP contribution >= 0.6 is 0 Å². The van der Waals surface area contributed by atoms with Crippen molar-refractivity contribution in [1.29, 1.82) is 0 Å². The molecule has 0 aromatic heterocycles. The number of hydrogen-bond donors (Lipinski definition) is 1. The number of nitrogens with one attached hydrogen (secondary N) is 1. The topological polar surface area (TPSA) is 67.9 Å². The fourth-order valence-electron chi connectivity index (χ4n) is 3.53. The van der Waals surface area contributed by atoms with Gasteiger partial charge in [0.1, 0.15) is 5.60 Å². The molecule has 31 heavy (non-hydrogen) atoms. The van der Waals surface area contributed by atoms with Crippen molar-refractivity contribution in [1.82, 2.24) is 5.32 Å². The van der Waals surface area contributed by atoms with E-state index in [1.54, 1.807) is 32.6 Å². The molecular weight excluding hydrogens is 413 g/mol. The van der Waals surface area contributed by atoms with Gasteiger partial charge in [0.05, 0.1) is 17.7 Å². The van der Waals surface area contributed by atoms with Crippen LogP contribution in [0.4, 0.5) is 23.7 Å². The number of amides is 1. The summed E-state index contributed by atoms with van der Waals surface area (Å²) in [7, 11) is 0. The fourth-order valence-corrected chi connectivity index (χ4v) is 3.53. The van der Waals surface area contributed by atoms with Crippen molar-refractivity contribution >= 4 is 17.7 Å². The first kappa shape index (κ1) is 24.8. The molecule has 0 saturated carbocycles. The Kier molecular flexibility index (Phi) is 8.20. The highest BCUT2D eigenvalue weighted by Crippen LogP contribution is 2.38. The smallest absolute Gasteiger partial charge is 0.418 e. The van der Waals surface area contributed by atoms with Crippen LogP contribution in [0.3, 0.4) is 0 Å². The average Bonchev–Trinajstić information content (AvgIpc) is 2.66. The molecular formula is C22H31F3N2O4. The Hall–Kier alpha value is -2.45. The molecule has 174 valence electrons. The number of piperidine rings is 1. The SMILES string of the molecule is CCOC(=O)c1ccc(C(F)(F)F)c(N2CCC(CCNC(=O)OC(C)(C)C)CC2)c1. The molecule has 9 heteroatoms. The second-order valence-corrected chi connectivity index (χ2v) is 8.60. The number of carbonyl (C=O) groups is 2. The number of nitrogens with zero attached hydrogens (tertiary/aromatic N) is 1. The molecule has 1 aromatic rings. The van der Waals surface area contributed by atoms with Crippen LogP contribution in [0.2, 0.25) is 0 Å². The molecule has 0 radical (unpaired) electrons. The number of carbonyl (C=O) groups excluding carboxylic acids is 2. The molecule has 0 unspecified atom stereocenters. The van der Waals surface area contributed by atoms with Gasteiger partial charge in [0, 0.05) is 25.3 Å². The van der Waals surface area contributed by atoms with Crippen molar-refractivity contribution in [3.63, 3.8) is 0 Å². The quantitative estimate of drug-likeness (QED) is 0.625. The molecule has 1 heterocycles. The molecule has 1 aliphatic rings. The lowest BCUT2D eigenvalue weighted by Crippen LogP contribution is -2.37. The largest absolute Gasteiger partial charge is 0.462 e. The van der Waals surface area contributed by atoms with E-state index in [4.69, 9.17) is 9.47 Å². The second-order valence-electron chi connectivity index (χ2n) is 8.60. The molecule has 0 atom stereocenters. The second kappa shape index (κ2) is 10.2. The van der Waals surface area contributed by atoms with Crippen LogP contribution in [-0.2, 0) is 15.7 Å². The zero-order chi connectivity index (χ0) is 23.2. The summed E-state index contributed by atoms with van der Waals surface area (Å²) in [6, 6.07) is 3.36. The van der Waals surface area contributed by atoms with Gasteiger partial charge in [0.15, 0.2) is 0 Å². The van der Waals surface area contributed by atoms with Crippen LogP contribution in [0, 0.1) is 5.92 Å². The first-order valence-electron chi connectivity index (χ1n) is 10.5. The van der Waals surface area contributed by atoms with Gasteiger partial charge in [-0.1, -0.05) is 0 Å². The summed E-state index contributed by atoms with van der Waals surface area (Å²) >= 11 is 0. The van der Waals surface area contributed by atoms with E-state index in [0.29, 0.717) is 32.5 Å². The molecule has 2 rings (SSSR count). The summed E-state index contributed by atoms with van der Waals surface area (Å²) in [6.07, 6.45) is -2.89. The molecule has 1 N–H and O–H groups in total. The van der Waals surface area contributed by atoms with Gasteiger partial charge in [-0.15, -0.1) is 0 Å². The molecule has 0 spiro atoms. The summed E-state index contributed by atoms with van der Waals surface area (Å²) in [6.45, 7) is 8.48. The zero-order valence-corrected chi connectivity index (χ0v) is 18.5. The first-order valence-corrected chi connectivity index (χ1v) is 10.5. The maximum atomic E-state index is 13.5. The molecule has 1 fully saturated rings. The summed E-state index contributed by atoms with van der Waals surface area (Å²) in [5.74, 6) is -0.352. The first-order chi connectivity index (χ1) is 14.4. The van der Waals surface area contributed by atoms with Crippen molar-refractivity contribution < 1.29 is 32.2 Å². The van der Waals surface area contributed by atoms with Crippen molar-refractivity contribution in [2.75, 3.05) is 31.1 Å². The minimum Gasteiger partial charge on any atom is -0.462 e. The normalized spacial score (nSPS) is 15.5. The van der Waals surface area contributed by atoms with Gasteiger partial charge in [0.2, 0.25) is 0 Å². The number of alkyl carbamates (subject to hydrolysis) is 1. The molecule has 1 aromatic carbocycles. The van der Waals surface area contributed by atoms with Crippen molar-refractivity contribution in [3.05, 3.63) is 29.3 Å². The Morgan fingerprint density at radius 2 is 1.81 bits per heavy atom. The van der Waals surface area contributed by atoms with E-state index < -0.39 is 29.4 Å². The monoisotopic (exact) mass is 444 g/mol. The van der Waals surface area contributed by atoms with Crippen LogP contribution in [-0.4, -0.2) is 43.9 Å². The highest BCUT2D eigenvalue weighted by molar-refractivity contribution is 5.91. The van der Waals surface area contributed by atoms with Gasteiger partial charge >= 0.3 is 18.2 Å². The molecule has 6 nitrogen and oxygen atoms in total. The highest BCUT2D eigenvalue weighted by atomic mass is 19.4. The Balaban J connectivity index is 1.98. The number of rotatable bonds is 6. The lowest BCUT2D eigenvalue weighted by Gasteiger charge is -2.35. The van der Waals surface area contributed by atoms with Crippen LogP contribution < -0.4 is 10.2 Å². The summed E-state index contributed by atoms with van der Waals surface area (Å²) in [5, 5.41) is 2.72. The van der Waals surface area contributed by atoms with E-state index in [1.807, 2.05) is 0 Å². The predicted molar refractivity (Wildman–Crippen MR) is 111 cm³/mol.